The summed E-state index contributed by atoms with van der Waals surface area (Å²) in [5.74, 6) is -0.467. The maximum atomic E-state index is 12.4. The minimum absolute atomic E-state index is 0.0416. The molecule has 0 atom stereocenters. The van der Waals surface area contributed by atoms with Crippen LogP contribution in [0.2, 0.25) is 0 Å². The first-order chi connectivity index (χ1) is 12.1. The Bertz CT molecular complexity index is 974. The van der Waals surface area contributed by atoms with E-state index in [9.17, 15) is 14.4 Å². The number of hydrogen-bond acceptors (Lipinski definition) is 4. The number of benzene rings is 1. The monoisotopic (exact) mass is 352 g/mol. The molecule has 126 valence electrons. The molecular weight excluding hydrogens is 336 g/mol. The van der Waals surface area contributed by atoms with Crippen molar-refractivity contribution in [2.75, 3.05) is 0 Å². The van der Waals surface area contributed by atoms with Gasteiger partial charge in [0.05, 0.1) is 11.4 Å². The summed E-state index contributed by atoms with van der Waals surface area (Å²) in [7, 11) is 1.60. The fourth-order valence-corrected chi connectivity index (χ4v) is 3.27. The largest absolute Gasteiger partial charge is 0.347 e. The summed E-state index contributed by atoms with van der Waals surface area (Å²) in [4.78, 5) is 37.9. The Hall–Kier alpha value is -2.99. The number of nitrogens with zero attached hydrogens (tertiary/aromatic N) is 1. The molecule has 3 rings (SSSR count). The summed E-state index contributed by atoms with van der Waals surface area (Å²) in [5, 5.41) is 2.72. The molecule has 0 aliphatic rings. The van der Waals surface area contributed by atoms with Crippen LogP contribution in [-0.4, -0.2) is 16.3 Å². The average Bonchev–Trinajstić information content (AvgIpc) is 3.11. The molecule has 0 aliphatic heterocycles. The predicted molar refractivity (Wildman–Crippen MR) is 97.0 cm³/mol. The molecule has 1 amide bonds. The molecule has 0 fully saturated rings. The van der Waals surface area contributed by atoms with E-state index in [1.54, 1.807) is 37.5 Å². The van der Waals surface area contributed by atoms with E-state index in [0.717, 1.165) is 4.88 Å². The zero-order valence-electron chi connectivity index (χ0n) is 13.6. The van der Waals surface area contributed by atoms with Gasteiger partial charge in [-0.15, -0.1) is 11.3 Å². The second-order valence-electron chi connectivity index (χ2n) is 5.48. The Balaban J connectivity index is 1.68. The third kappa shape index (κ3) is 3.75. The van der Waals surface area contributed by atoms with Gasteiger partial charge >= 0.3 is 0 Å². The van der Waals surface area contributed by atoms with Gasteiger partial charge in [-0.3, -0.25) is 14.4 Å². The molecule has 0 bridgehead atoms. The third-order valence-electron chi connectivity index (χ3n) is 3.71. The Morgan fingerprint density at radius 2 is 1.80 bits per heavy atom. The van der Waals surface area contributed by atoms with Crippen LogP contribution in [0.3, 0.4) is 0 Å². The zero-order valence-corrected chi connectivity index (χ0v) is 14.4. The summed E-state index contributed by atoms with van der Waals surface area (Å²) < 4.78 is 1.36. The quantitative estimate of drug-likeness (QED) is 0.718. The highest BCUT2D eigenvalue weighted by Gasteiger charge is 2.14. The Morgan fingerprint density at radius 1 is 1.04 bits per heavy atom. The van der Waals surface area contributed by atoms with E-state index in [-0.39, 0.29) is 23.5 Å². The maximum Gasteiger partial charge on any atom is 0.263 e. The lowest BCUT2D eigenvalue weighted by atomic mass is 10.1. The van der Waals surface area contributed by atoms with E-state index in [0.29, 0.717) is 10.4 Å². The van der Waals surface area contributed by atoms with Crippen LogP contribution in [0.1, 0.15) is 30.5 Å². The van der Waals surface area contributed by atoms with Crippen molar-refractivity contribution in [2.45, 2.75) is 6.54 Å². The molecule has 0 saturated carbocycles. The van der Waals surface area contributed by atoms with Crippen molar-refractivity contribution in [1.29, 1.82) is 0 Å². The number of rotatable bonds is 5. The van der Waals surface area contributed by atoms with Crippen LogP contribution in [-0.2, 0) is 13.6 Å². The summed E-state index contributed by atoms with van der Waals surface area (Å²) in [5.41, 5.74) is 0.390. The van der Waals surface area contributed by atoms with Crippen molar-refractivity contribution in [3.63, 3.8) is 0 Å². The summed E-state index contributed by atoms with van der Waals surface area (Å²) >= 11 is 1.33. The molecule has 3 aromatic rings. The highest BCUT2D eigenvalue weighted by molar-refractivity contribution is 7.14. The molecule has 1 aromatic carbocycles. The van der Waals surface area contributed by atoms with Crippen LogP contribution in [0.4, 0.5) is 0 Å². The SMILES string of the molecule is Cn1cccc(C(=O)NCc2ccc(C(=O)c3ccccc3)s2)c1=O. The van der Waals surface area contributed by atoms with Crippen LogP contribution in [0, 0.1) is 0 Å². The summed E-state index contributed by atoms with van der Waals surface area (Å²) in [6, 6.07) is 15.8. The molecule has 0 aliphatic carbocycles. The molecule has 25 heavy (non-hydrogen) atoms. The van der Waals surface area contributed by atoms with Gasteiger partial charge in [-0.05, 0) is 24.3 Å². The summed E-state index contributed by atoms with van der Waals surface area (Å²) in [6.45, 7) is 0.267. The van der Waals surface area contributed by atoms with Gasteiger partial charge in [0, 0.05) is 23.7 Å². The number of hydrogen-bond donors (Lipinski definition) is 1. The first-order valence-electron chi connectivity index (χ1n) is 7.68. The van der Waals surface area contributed by atoms with Crippen molar-refractivity contribution in [3.05, 3.63) is 92.0 Å². The van der Waals surface area contributed by atoms with Gasteiger partial charge in [-0.1, -0.05) is 30.3 Å². The van der Waals surface area contributed by atoms with Gasteiger partial charge in [0.15, 0.2) is 0 Å². The van der Waals surface area contributed by atoms with Gasteiger partial charge in [-0.25, -0.2) is 0 Å². The number of ketones is 1. The highest BCUT2D eigenvalue weighted by atomic mass is 32.1. The van der Waals surface area contributed by atoms with Crippen molar-refractivity contribution < 1.29 is 9.59 Å². The van der Waals surface area contributed by atoms with E-state index < -0.39 is 5.91 Å². The Labute approximate surface area is 148 Å². The lowest BCUT2D eigenvalue weighted by Crippen LogP contribution is -2.31. The molecule has 2 heterocycles. The van der Waals surface area contributed by atoms with Crippen LogP contribution in [0.15, 0.2) is 65.6 Å². The molecule has 0 saturated heterocycles. The molecule has 6 heteroatoms. The van der Waals surface area contributed by atoms with E-state index in [2.05, 4.69) is 5.32 Å². The van der Waals surface area contributed by atoms with Crippen molar-refractivity contribution in [1.82, 2.24) is 9.88 Å². The molecular formula is C19H16N2O3S. The number of nitrogens with one attached hydrogen (secondary N) is 1. The van der Waals surface area contributed by atoms with E-state index in [1.165, 1.54) is 22.0 Å². The van der Waals surface area contributed by atoms with Crippen LogP contribution < -0.4 is 10.9 Å². The molecule has 0 radical (unpaired) electrons. The lowest BCUT2D eigenvalue weighted by molar-refractivity contribution is 0.0948. The molecule has 0 unspecified atom stereocenters. The van der Waals surface area contributed by atoms with E-state index >= 15 is 0 Å². The maximum absolute atomic E-state index is 12.4. The predicted octanol–water partition coefficient (Wildman–Crippen LogP) is 2.61. The fourth-order valence-electron chi connectivity index (χ4n) is 2.36. The standard InChI is InChI=1S/C19H16N2O3S/c1-21-11-5-8-15(19(21)24)18(23)20-12-14-9-10-16(25-14)17(22)13-6-3-2-4-7-13/h2-11H,12H2,1H3,(H,20,23). The molecule has 1 N–H and O–H groups in total. The number of thiophene rings is 1. The van der Waals surface area contributed by atoms with Crippen molar-refractivity contribution >= 4 is 23.0 Å². The van der Waals surface area contributed by atoms with Gasteiger partial charge in [0.1, 0.15) is 5.56 Å². The highest BCUT2D eigenvalue weighted by Crippen LogP contribution is 2.20. The van der Waals surface area contributed by atoms with Crippen molar-refractivity contribution in [2.24, 2.45) is 7.05 Å². The first kappa shape index (κ1) is 16.9. The number of amides is 1. The zero-order chi connectivity index (χ0) is 17.8. The Morgan fingerprint density at radius 3 is 2.56 bits per heavy atom. The minimum Gasteiger partial charge on any atom is -0.347 e. The number of carbonyl (C=O) groups excluding carboxylic acids is 2. The van der Waals surface area contributed by atoms with Crippen LogP contribution in [0.25, 0.3) is 0 Å². The topological polar surface area (TPSA) is 68.2 Å². The number of carbonyl (C=O) groups is 2. The molecule has 2 aromatic heterocycles. The second-order valence-corrected chi connectivity index (χ2v) is 6.65. The van der Waals surface area contributed by atoms with Crippen molar-refractivity contribution in [3.8, 4) is 0 Å². The van der Waals surface area contributed by atoms with E-state index in [4.69, 9.17) is 0 Å². The number of aromatic nitrogens is 1. The third-order valence-corrected chi connectivity index (χ3v) is 4.80. The van der Waals surface area contributed by atoms with Gasteiger partial charge < -0.3 is 9.88 Å². The molecule has 5 nitrogen and oxygen atoms in total. The number of pyridine rings is 1. The molecule has 0 spiro atoms. The first-order valence-corrected chi connectivity index (χ1v) is 8.50. The van der Waals surface area contributed by atoms with Gasteiger partial charge in [0.25, 0.3) is 11.5 Å². The smallest absolute Gasteiger partial charge is 0.263 e. The number of aryl methyl sites for hydroxylation is 1. The van der Waals surface area contributed by atoms with E-state index in [1.807, 2.05) is 24.3 Å². The van der Waals surface area contributed by atoms with Gasteiger partial charge in [0.2, 0.25) is 5.78 Å². The van der Waals surface area contributed by atoms with Crippen LogP contribution in [0.5, 0.6) is 0 Å². The van der Waals surface area contributed by atoms with Crippen LogP contribution >= 0.6 is 11.3 Å². The van der Waals surface area contributed by atoms with Gasteiger partial charge in [-0.2, -0.15) is 0 Å². The summed E-state index contributed by atoms with van der Waals surface area (Å²) in [6.07, 6.45) is 1.60. The Kier molecular flexibility index (Phi) is 4.90. The lowest BCUT2D eigenvalue weighted by Gasteiger charge is -2.04. The normalized spacial score (nSPS) is 10.4. The fraction of sp³-hybridized carbons (Fsp3) is 0.105. The second kappa shape index (κ2) is 7.27. The minimum atomic E-state index is -0.425. The average molecular weight is 352 g/mol.